The summed E-state index contributed by atoms with van der Waals surface area (Å²) in [6.45, 7) is 0. The summed E-state index contributed by atoms with van der Waals surface area (Å²) in [5, 5.41) is 2.78. The molecule has 3 rings (SSSR count). The Kier molecular flexibility index (Phi) is 4.43. The monoisotopic (exact) mass is 371 g/mol. The van der Waals surface area contributed by atoms with E-state index in [-0.39, 0.29) is 11.7 Å². The van der Waals surface area contributed by atoms with E-state index in [9.17, 15) is 9.18 Å². The third-order valence-electron chi connectivity index (χ3n) is 3.14. The first-order valence-electron chi connectivity index (χ1n) is 6.77. The van der Waals surface area contributed by atoms with Crippen LogP contribution in [0.4, 0.5) is 10.1 Å². The normalized spacial score (nSPS) is 10.3. The summed E-state index contributed by atoms with van der Waals surface area (Å²) in [5.74, 6) is -0.191. The molecule has 23 heavy (non-hydrogen) atoms. The fourth-order valence-electron chi connectivity index (χ4n) is 1.95. The van der Waals surface area contributed by atoms with Crippen LogP contribution >= 0.6 is 15.9 Å². The van der Waals surface area contributed by atoms with Crippen LogP contribution in [0, 0.1) is 5.82 Å². The van der Waals surface area contributed by atoms with Gasteiger partial charge in [0.25, 0.3) is 5.91 Å². The maximum atomic E-state index is 12.9. The Morgan fingerprint density at radius 2 is 1.65 bits per heavy atom. The van der Waals surface area contributed by atoms with Gasteiger partial charge in [0.2, 0.25) is 0 Å². The van der Waals surface area contributed by atoms with Gasteiger partial charge in [0.1, 0.15) is 5.82 Å². The van der Waals surface area contributed by atoms with E-state index in [1.165, 1.54) is 24.5 Å². The van der Waals surface area contributed by atoms with Crippen LogP contribution in [0.1, 0.15) is 10.4 Å². The SMILES string of the molecule is O=C(Nc1ccccc1Br)c1cnc(-c2ccc(F)cc2)nc1. The molecule has 2 aromatic carbocycles. The Morgan fingerprint density at radius 1 is 1.00 bits per heavy atom. The van der Waals surface area contributed by atoms with Gasteiger partial charge in [-0.3, -0.25) is 4.79 Å². The molecule has 0 atom stereocenters. The Hall–Kier alpha value is -2.60. The van der Waals surface area contributed by atoms with Crippen molar-refractivity contribution in [1.82, 2.24) is 9.97 Å². The first kappa shape index (κ1) is 15.3. The topological polar surface area (TPSA) is 54.9 Å². The maximum absolute atomic E-state index is 12.9. The summed E-state index contributed by atoms with van der Waals surface area (Å²) in [5.41, 5.74) is 1.69. The molecule has 0 spiro atoms. The van der Waals surface area contributed by atoms with Crippen LogP contribution in [0.5, 0.6) is 0 Å². The highest BCUT2D eigenvalue weighted by molar-refractivity contribution is 9.10. The standard InChI is InChI=1S/C17H11BrFN3O/c18-14-3-1-2-4-15(14)22-17(23)12-9-20-16(21-10-12)11-5-7-13(19)8-6-11/h1-10H,(H,22,23). The van der Waals surface area contributed by atoms with Gasteiger partial charge in [0.05, 0.1) is 11.3 Å². The van der Waals surface area contributed by atoms with Crippen molar-refractivity contribution in [2.45, 2.75) is 0 Å². The van der Waals surface area contributed by atoms with Crippen molar-refractivity contribution in [1.29, 1.82) is 0 Å². The molecule has 6 heteroatoms. The highest BCUT2D eigenvalue weighted by Gasteiger charge is 2.10. The fraction of sp³-hybridized carbons (Fsp3) is 0. The van der Waals surface area contributed by atoms with Gasteiger partial charge in [0, 0.05) is 22.4 Å². The molecule has 0 saturated heterocycles. The summed E-state index contributed by atoms with van der Waals surface area (Å²) >= 11 is 3.37. The number of para-hydroxylation sites is 1. The second kappa shape index (κ2) is 6.66. The van der Waals surface area contributed by atoms with Crippen molar-refractivity contribution in [2.75, 3.05) is 5.32 Å². The molecule has 0 fully saturated rings. The number of aromatic nitrogens is 2. The molecule has 1 aromatic heterocycles. The van der Waals surface area contributed by atoms with Gasteiger partial charge in [-0.1, -0.05) is 12.1 Å². The Morgan fingerprint density at radius 3 is 2.30 bits per heavy atom. The van der Waals surface area contributed by atoms with E-state index in [2.05, 4.69) is 31.2 Å². The van der Waals surface area contributed by atoms with Crippen LogP contribution in [-0.2, 0) is 0 Å². The van der Waals surface area contributed by atoms with Gasteiger partial charge in [-0.2, -0.15) is 0 Å². The number of nitrogens with zero attached hydrogens (tertiary/aromatic N) is 2. The maximum Gasteiger partial charge on any atom is 0.258 e. The molecule has 3 aromatic rings. The van der Waals surface area contributed by atoms with Crippen molar-refractivity contribution < 1.29 is 9.18 Å². The fourth-order valence-corrected chi connectivity index (χ4v) is 2.33. The molecule has 1 N–H and O–H groups in total. The number of rotatable bonds is 3. The summed E-state index contributed by atoms with van der Waals surface area (Å²) in [6.07, 6.45) is 2.88. The summed E-state index contributed by atoms with van der Waals surface area (Å²) in [7, 11) is 0. The third-order valence-corrected chi connectivity index (χ3v) is 3.83. The molecule has 114 valence electrons. The Bertz CT molecular complexity index is 835. The smallest absolute Gasteiger partial charge is 0.258 e. The quantitative estimate of drug-likeness (QED) is 0.746. The number of anilines is 1. The molecule has 0 bridgehead atoms. The van der Waals surface area contributed by atoms with Gasteiger partial charge in [-0.05, 0) is 52.3 Å². The molecule has 1 amide bonds. The first-order valence-corrected chi connectivity index (χ1v) is 7.56. The lowest BCUT2D eigenvalue weighted by molar-refractivity contribution is 0.102. The number of carbonyl (C=O) groups excluding carboxylic acids is 1. The van der Waals surface area contributed by atoms with Crippen LogP contribution in [0.3, 0.4) is 0 Å². The van der Waals surface area contributed by atoms with Crippen molar-refractivity contribution in [3.8, 4) is 11.4 Å². The number of benzene rings is 2. The molecular weight excluding hydrogens is 361 g/mol. The average molecular weight is 372 g/mol. The first-order chi connectivity index (χ1) is 11.1. The molecule has 4 nitrogen and oxygen atoms in total. The third kappa shape index (κ3) is 3.60. The Labute approximate surface area is 140 Å². The Balaban J connectivity index is 1.78. The lowest BCUT2D eigenvalue weighted by Gasteiger charge is -2.07. The lowest BCUT2D eigenvalue weighted by Crippen LogP contribution is -2.13. The zero-order valence-corrected chi connectivity index (χ0v) is 13.4. The minimum absolute atomic E-state index is 0.303. The predicted molar refractivity (Wildman–Crippen MR) is 89.5 cm³/mol. The van der Waals surface area contributed by atoms with Gasteiger partial charge in [0.15, 0.2) is 5.82 Å². The zero-order chi connectivity index (χ0) is 16.2. The average Bonchev–Trinajstić information content (AvgIpc) is 2.58. The van der Waals surface area contributed by atoms with E-state index in [1.54, 1.807) is 18.2 Å². The zero-order valence-electron chi connectivity index (χ0n) is 11.8. The molecule has 0 aliphatic heterocycles. The van der Waals surface area contributed by atoms with Crippen LogP contribution in [0.15, 0.2) is 65.4 Å². The van der Waals surface area contributed by atoms with Gasteiger partial charge in [-0.15, -0.1) is 0 Å². The molecule has 0 aliphatic rings. The molecule has 0 radical (unpaired) electrons. The number of hydrogen-bond donors (Lipinski definition) is 1. The minimum Gasteiger partial charge on any atom is -0.321 e. The van der Waals surface area contributed by atoms with E-state index in [4.69, 9.17) is 0 Å². The molecule has 1 heterocycles. The molecule has 0 unspecified atom stereocenters. The number of hydrogen-bond acceptors (Lipinski definition) is 3. The van der Waals surface area contributed by atoms with Crippen LogP contribution < -0.4 is 5.32 Å². The number of carbonyl (C=O) groups is 1. The highest BCUT2D eigenvalue weighted by atomic mass is 79.9. The van der Waals surface area contributed by atoms with E-state index in [0.29, 0.717) is 22.6 Å². The molecular formula is C17H11BrFN3O. The second-order valence-corrected chi connectivity index (χ2v) is 5.59. The highest BCUT2D eigenvalue weighted by Crippen LogP contribution is 2.22. The molecule has 0 aliphatic carbocycles. The largest absolute Gasteiger partial charge is 0.321 e. The van der Waals surface area contributed by atoms with E-state index in [0.717, 1.165) is 4.47 Å². The van der Waals surface area contributed by atoms with E-state index >= 15 is 0 Å². The van der Waals surface area contributed by atoms with Crippen LogP contribution in [-0.4, -0.2) is 15.9 Å². The summed E-state index contributed by atoms with van der Waals surface area (Å²) in [4.78, 5) is 20.5. The summed E-state index contributed by atoms with van der Waals surface area (Å²) < 4.78 is 13.7. The van der Waals surface area contributed by atoms with Crippen molar-refractivity contribution in [2.24, 2.45) is 0 Å². The number of halogens is 2. The van der Waals surface area contributed by atoms with Gasteiger partial charge in [-0.25, -0.2) is 14.4 Å². The van der Waals surface area contributed by atoms with Crippen molar-refractivity contribution >= 4 is 27.5 Å². The number of amides is 1. The minimum atomic E-state index is -0.321. The molecule has 0 saturated carbocycles. The second-order valence-electron chi connectivity index (χ2n) is 4.74. The van der Waals surface area contributed by atoms with Crippen molar-refractivity contribution in [3.05, 3.63) is 76.8 Å². The summed E-state index contributed by atoms with van der Waals surface area (Å²) in [6, 6.07) is 13.2. The lowest BCUT2D eigenvalue weighted by atomic mass is 10.2. The van der Waals surface area contributed by atoms with Crippen LogP contribution in [0.2, 0.25) is 0 Å². The van der Waals surface area contributed by atoms with Gasteiger partial charge < -0.3 is 5.32 Å². The van der Waals surface area contributed by atoms with Gasteiger partial charge >= 0.3 is 0 Å². The predicted octanol–water partition coefficient (Wildman–Crippen LogP) is 4.30. The number of nitrogens with one attached hydrogen (secondary N) is 1. The van der Waals surface area contributed by atoms with Crippen molar-refractivity contribution in [3.63, 3.8) is 0 Å². The van der Waals surface area contributed by atoms with E-state index in [1.807, 2.05) is 18.2 Å². The van der Waals surface area contributed by atoms with E-state index < -0.39 is 0 Å². The van der Waals surface area contributed by atoms with Crippen LogP contribution in [0.25, 0.3) is 11.4 Å².